The van der Waals surface area contributed by atoms with E-state index in [2.05, 4.69) is 41.7 Å². The molecule has 1 amide bonds. The number of aliphatic hydroxyl groups excluding tert-OH is 1. The van der Waals surface area contributed by atoms with E-state index in [1.807, 2.05) is 60.7 Å². The lowest BCUT2D eigenvalue weighted by Gasteiger charge is -2.36. The minimum atomic E-state index is -0.776. The summed E-state index contributed by atoms with van der Waals surface area (Å²) in [5, 5.41) is 21.4. The largest absolute Gasteiger partial charge is 0.481 e. The van der Waals surface area contributed by atoms with Crippen molar-refractivity contribution in [1.29, 1.82) is 0 Å². The van der Waals surface area contributed by atoms with Crippen molar-refractivity contribution >= 4 is 45.2 Å². The van der Waals surface area contributed by atoms with Gasteiger partial charge in [0.1, 0.15) is 0 Å². The van der Waals surface area contributed by atoms with Crippen LogP contribution < -0.4 is 5.32 Å². The van der Waals surface area contributed by atoms with E-state index >= 15 is 0 Å². The van der Waals surface area contributed by atoms with Crippen molar-refractivity contribution < 1.29 is 29.3 Å². The molecule has 1 aliphatic rings. The average molecular weight is 711 g/mol. The first-order chi connectivity index (χ1) is 24.4. The molecule has 1 saturated heterocycles. The van der Waals surface area contributed by atoms with Gasteiger partial charge >= 0.3 is 5.97 Å². The Morgan fingerprint density at radius 2 is 1.56 bits per heavy atom. The number of hydrogen-bond donors (Lipinski definition) is 3. The maximum absolute atomic E-state index is 12.5. The molecule has 5 aromatic rings. The molecular weight excluding hydrogens is 669 g/mol. The number of aliphatic hydroxyl groups is 1. The van der Waals surface area contributed by atoms with Crippen molar-refractivity contribution in [1.82, 2.24) is 10.3 Å². The number of rotatable bonds is 16. The van der Waals surface area contributed by atoms with Gasteiger partial charge in [-0.1, -0.05) is 110 Å². The SMILES string of the molecule is O=C(O)CCCCCCC(=O)NCc1ccccc1-c1ccc([C@H]2O[C@@H](CSc3nc4ccccc4s3)C[C@@H](c3ccc(CO)cc3)O2)cc1. The van der Waals surface area contributed by atoms with Crippen LogP contribution in [0, 0.1) is 0 Å². The first kappa shape index (κ1) is 35.8. The summed E-state index contributed by atoms with van der Waals surface area (Å²) in [5.74, 6) is -0.0363. The van der Waals surface area contributed by atoms with Gasteiger partial charge in [0.2, 0.25) is 5.91 Å². The highest BCUT2D eigenvalue weighted by Gasteiger charge is 2.32. The fourth-order valence-electron chi connectivity index (χ4n) is 6.07. The molecule has 6 rings (SSSR count). The fraction of sp³-hybridized carbons (Fsp3) is 0.325. The summed E-state index contributed by atoms with van der Waals surface area (Å²) in [6.07, 6.45) is 3.57. The monoisotopic (exact) mass is 710 g/mol. The zero-order valence-electron chi connectivity index (χ0n) is 27.8. The third-order valence-corrected chi connectivity index (χ3v) is 11.1. The molecular formula is C40H42N2O6S2. The van der Waals surface area contributed by atoms with Crippen LogP contribution in [-0.4, -0.2) is 38.9 Å². The Bertz CT molecular complexity index is 1830. The summed E-state index contributed by atoms with van der Waals surface area (Å²) in [4.78, 5) is 28.0. The van der Waals surface area contributed by atoms with Gasteiger partial charge in [-0.25, -0.2) is 4.98 Å². The number of fused-ring (bicyclic) bond motifs is 1. The van der Waals surface area contributed by atoms with E-state index in [0.717, 1.165) is 68.3 Å². The molecule has 10 heteroatoms. The van der Waals surface area contributed by atoms with Crippen molar-refractivity contribution in [2.24, 2.45) is 0 Å². The molecule has 8 nitrogen and oxygen atoms in total. The summed E-state index contributed by atoms with van der Waals surface area (Å²) >= 11 is 3.41. The van der Waals surface area contributed by atoms with Crippen molar-refractivity contribution in [2.75, 3.05) is 5.75 Å². The van der Waals surface area contributed by atoms with Crippen molar-refractivity contribution in [2.45, 2.75) is 80.9 Å². The molecule has 3 N–H and O–H groups in total. The molecule has 0 spiro atoms. The number of aliphatic carboxylic acids is 1. The highest BCUT2D eigenvalue weighted by Crippen LogP contribution is 2.40. The van der Waals surface area contributed by atoms with E-state index in [-0.39, 0.29) is 31.1 Å². The Morgan fingerprint density at radius 1 is 0.840 bits per heavy atom. The lowest BCUT2D eigenvalue weighted by molar-refractivity contribution is -0.245. The van der Waals surface area contributed by atoms with E-state index in [1.54, 1.807) is 23.1 Å². The number of nitrogens with zero attached hydrogens (tertiary/aromatic N) is 1. The normalized spacial score (nSPS) is 17.5. The second-order valence-corrected chi connectivity index (χ2v) is 14.8. The first-order valence-corrected chi connectivity index (χ1v) is 18.9. The highest BCUT2D eigenvalue weighted by atomic mass is 32.2. The molecule has 0 bridgehead atoms. The van der Waals surface area contributed by atoms with Gasteiger partial charge in [0, 0.05) is 37.1 Å². The number of carbonyl (C=O) groups excluding carboxylic acids is 1. The molecule has 260 valence electrons. The Balaban J connectivity index is 1.11. The maximum Gasteiger partial charge on any atom is 0.303 e. The number of carbonyl (C=O) groups is 2. The standard InChI is InChI=1S/C40H42N2O6S2/c43-25-27-15-17-29(18-16-27)35-23-32(26-49-40-42-34-11-7-8-12-36(34)50-40)47-39(48-35)30-21-19-28(20-22-30)33-10-6-5-9-31(33)24-41-37(44)13-3-1-2-4-14-38(45)46/h5-12,15-22,32,35,39,43H,1-4,13-14,23-26H2,(H,41,44)(H,45,46)/t32-,35+,39+/m1/s1. The van der Waals surface area contributed by atoms with Gasteiger partial charge in [0.05, 0.1) is 29.0 Å². The van der Waals surface area contributed by atoms with Gasteiger partial charge in [-0.2, -0.15) is 0 Å². The van der Waals surface area contributed by atoms with Gasteiger partial charge in [0.25, 0.3) is 0 Å². The van der Waals surface area contributed by atoms with Crippen LogP contribution in [-0.2, 0) is 32.2 Å². The number of benzene rings is 4. The molecule has 0 saturated carbocycles. The van der Waals surface area contributed by atoms with Crippen LogP contribution in [0.25, 0.3) is 21.3 Å². The van der Waals surface area contributed by atoms with Gasteiger partial charge < -0.3 is 25.0 Å². The van der Waals surface area contributed by atoms with Crippen molar-refractivity contribution in [3.63, 3.8) is 0 Å². The van der Waals surface area contributed by atoms with E-state index in [4.69, 9.17) is 19.6 Å². The Hall–Kier alpha value is -4.06. The molecule has 50 heavy (non-hydrogen) atoms. The van der Waals surface area contributed by atoms with Crippen LogP contribution >= 0.6 is 23.1 Å². The topological polar surface area (TPSA) is 118 Å². The molecule has 4 aromatic carbocycles. The predicted molar refractivity (Wildman–Crippen MR) is 198 cm³/mol. The number of thioether (sulfide) groups is 1. The molecule has 1 aromatic heterocycles. The van der Waals surface area contributed by atoms with Crippen molar-refractivity contribution in [3.8, 4) is 11.1 Å². The van der Waals surface area contributed by atoms with Gasteiger partial charge in [0.15, 0.2) is 10.6 Å². The van der Waals surface area contributed by atoms with Crippen LogP contribution in [0.15, 0.2) is 101 Å². The second-order valence-electron chi connectivity index (χ2n) is 12.5. The number of hydrogen-bond acceptors (Lipinski definition) is 8. The number of carboxylic acid groups (broad SMARTS) is 1. The summed E-state index contributed by atoms with van der Waals surface area (Å²) in [7, 11) is 0. The number of nitrogens with one attached hydrogen (secondary N) is 1. The lowest BCUT2D eigenvalue weighted by atomic mass is 9.97. The van der Waals surface area contributed by atoms with Crippen LogP contribution in [0.2, 0.25) is 0 Å². The van der Waals surface area contributed by atoms with Gasteiger partial charge in [-0.3, -0.25) is 9.59 Å². The number of carboxylic acids is 1. The molecule has 1 aliphatic heterocycles. The summed E-state index contributed by atoms with van der Waals surface area (Å²) in [6.45, 7) is 0.424. The Labute approximate surface area is 300 Å². The molecule has 0 aliphatic carbocycles. The number of para-hydroxylation sites is 1. The molecule has 0 radical (unpaired) electrons. The number of amides is 1. The van der Waals surface area contributed by atoms with Crippen LogP contribution in [0.3, 0.4) is 0 Å². The zero-order valence-corrected chi connectivity index (χ0v) is 29.5. The lowest BCUT2D eigenvalue weighted by Crippen LogP contribution is -2.31. The fourth-order valence-corrected chi connectivity index (χ4v) is 8.19. The third-order valence-electron chi connectivity index (χ3n) is 8.81. The van der Waals surface area contributed by atoms with E-state index < -0.39 is 12.3 Å². The van der Waals surface area contributed by atoms with Gasteiger partial charge in [-0.05, 0) is 52.8 Å². The number of ether oxygens (including phenoxy) is 2. The maximum atomic E-state index is 12.5. The van der Waals surface area contributed by atoms with E-state index in [0.29, 0.717) is 25.8 Å². The quantitative estimate of drug-likeness (QED) is 0.0687. The molecule has 0 unspecified atom stereocenters. The minimum absolute atomic E-state index is 0.00159. The smallest absolute Gasteiger partial charge is 0.303 e. The van der Waals surface area contributed by atoms with Crippen LogP contribution in [0.4, 0.5) is 0 Å². The molecule has 1 fully saturated rings. The first-order valence-electron chi connectivity index (χ1n) is 17.1. The molecule has 2 heterocycles. The van der Waals surface area contributed by atoms with Crippen molar-refractivity contribution in [3.05, 3.63) is 119 Å². The molecule has 3 atom stereocenters. The second kappa shape index (κ2) is 17.7. The number of unbranched alkanes of at least 4 members (excludes halogenated alkanes) is 3. The van der Waals surface area contributed by atoms with E-state index in [9.17, 15) is 14.7 Å². The number of aromatic nitrogens is 1. The van der Waals surface area contributed by atoms with E-state index in [1.165, 1.54) is 4.70 Å². The van der Waals surface area contributed by atoms with Crippen LogP contribution in [0.1, 0.15) is 79.6 Å². The summed E-state index contributed by atoms with van der Waals surface area (Å²) < 4.78 is 15.4. The summed E-state index contributed by atoms with van der Waals surface area (Å²) in [6, 6.07) is 32.4. The van der Waals surface area contributed by atoms with Gasteiger partial charge in [-0.15, -0.1) is 11.3 Å². The summed E-state index contributed by atoms with van der Waals surface area (Å²) in [5.41, 5.74) is 6.96. The average Bonchev–Trinajstić information content (AvgIpc) is 3.58. The minimum Gasteiger partial charge on any atom is -0.481 e. The highest BCUT2D eigenvalue weighted by molar-refractivity contribution is 8.01. The predicted octanol–water partition coefficient (Wildman–Crippen LogP) is 8.83. The third kappa shape index (κ3) is 9.80. The Kier molecular flexibility index (Phi) is 12.7. The number of thiazole rings is 1. The van der Waals surface area contributed by atoms with Crippen LogP contribution in [0.5, 0.6) is 0 Å². The zero-order chi connectivity index (χ0) is 34.7. The Morgan fingerprint density at radius 3 is 2.32 bits per heavy atom.